The van der Waals surface area contributed by atoms with Gasteiger partial charge in [-0.05, 0) is 24.3 Å². The minimum absolute atomic E-state index is 0.695. The van der Waals surface area contributed by atoms with Gasteiger partial charge in [0.15, 0.2) is 0 Å². The number of hydrogen-bond donors (Lipinski definition) is 1. The molecule has 104 valence electrons. The van der Waals surface area contributed by atoms with Crippen LogP contribution in [0.2, 0.25) is 0 Å². The number of H-pyrrole nitrogens is 1. The van der Waals surface area contributed by atoms with Crippen molar-refractivity contribution < 1.29 is 0 Å². The lowest BCUT2D eigenvalue weighted by Crippen LogP contribution is -2.08. The van der Waals surface area contributed by atoms with Crippen molar-refractivity contribution in [2.75, 3.05) is 0 Å². The average Bonchev–Trinajstić information content (AvgIpc) is 2.47. The van der Waals surface area contributed by atoms with E-state index in [1.807, 2.05) is 18.2 Å². The van der Waals surface area contributed by atoms with E-state index in [-0.39, 0.29) is 0 Å². The fraction of sp³-hybridized carbons (Fsp3) is 0.222. The maximum absolute atomic E-state index is 5.32. The van der Waals surface area contributed by atoms with E-state index in [1.165, 1.54) is 24.8 Å². The highest BCUT2D eigenvalue weighted by Gasteiger charge is 2.19. The topological polar surface area (TPSA) is 28.7 Å². The summed E-state index contributed by atoms with van der Waals surface area (Å²) in [7, 11) is 0. The molecule has 0 unspecified atom stereocenters. The number of aromatic amines is 1. The van der Waals surface area contributed by atoms with Crippen molar-refractivity contribution in [1.29, 1.82) is 0 Å². The Balaban J connectivity index is 1.82. The van der Waals surface area contributed by atoms with Crippen molar-refractivity contribution >= 4 is 23.0 Å². The molecule has 1 aliphatic rings. The average molecular weight is 292 g/mol. The van der Waals surface area contributed by atoms with Gasteiger partial charge in [0.05, 0.1) is 5.69 Å². The third kappa shape index (κ3) is 2.18. The molecule has 1 heterocycles. The van der Waals surface area contributed by atoms with Crippen LogP contribution in [0.25, 0.3) is 22.0 Å². The van der Waals surface area contributed by atoms with Crippen LogP contribution >= 0.6 is 12.2 Å². The fourth-order valence-electron chi connectivity index (χ4n) is 2.99. The first kappa shape index (κ1) is 12.7. The van der Waals surface area contributed by atoms with Crippen molar-refractivity contribution in [3.8, 4) is 11.3 Å². The van der Waals surface area contributed by atoms with Crippen LogP contribution in [0.5, 0.6) is 0 Å². The summed E-state index contributed by atoms with van der Waals surface area (Å²) in [6.45, 7) is 0. The molecule has 0 radical (unpaired) electrons. The highest BCUT2D eigenvalue weighted by molar-refractivity contribution is 7.71. The summed E-state index contributed by atoms with van der Waals surface area (Å²) in [4.78, 5) is 0. The molecule has 4 rings (SSSR count). The molecule has 1 fully saturated rings. The molecule has 0 aliphatic heterocycles. The highest BCUT2D eigenvalue weighted by Crippen LogP contribution is 2.37. The normalized spacial score (nSPS) is 15.0. The van der Waals surface area contributed by atoms with Crippen molar-refractivity contribution in [2.24, 2.45) is 0 Å². The van der Waals surface area contributed by atoms with E-state index in [0.29, 0.717) is 4.64 Å². The summed E-state index contributed by atoms with van der Waals surface area (Å²) in [5.41, 5.74) is 3.57. The van der Waals surface area contributed by atoms with Crippen molar-refractivity contribution in [2.45, 2.75) is 25.2 Å². The molecule has 1 N–H and O–H groups in total. The van der Waals surface area contributed by atoms with Crippen molar-refractivity contribution in [1.82, 2.24) is 10.2 Å². The Hall–Kier alpha value is -2.00. The van der Waals surface area contributed by atoms with Gasteiger partial charge in [-0.1, -0.05) is 67.2 Å². The van der Waals surface area contributed by atoms with Gasteiger partial charge in [-0.25, -0.2) is 0 Å². The van der Waals surface area contributed by atoms with Gasteiger partial charge in [0.25, 0.3) is 0 Å². The Morgan fingerprint density at radius 3 is 2.33 bits per heavy atom. The van der Waals surface area contributed by atoms with Crippen LogP contribution in [0.1, 0.15) is 30.7 Å². The van der Waals surface area contributed by atoms with Crippen LogP contribution in [0.15, 0.2) is 48.5 Å². The molecule has 0 spiro atoms. The minimum Gasteiger partial charge on any atom is -0.267 e. The quantitative estimate of drug-likeness (QED) is 0.655. The Bertz CT molecular complexity index is 845. The first-order chi connectivity index (χ1) is 10.3. The first-order valence-corrected chi connectivity index (χ1v) is 7.81. The summed E-state index contributed by atoms with van der Waals surface area (Å²) in [6.07, 6.45) is 4.03. The monoisotopic (exact) mass is 292 g/mol. The van der Waals surface area contributed by atoms with Crippen LogP contribution in [-0.4, -0.2) is 10.2 Å². The molecule has 0 bridgehead atoms. The van der Waals surface area contributed by atoms with Gasteiger partial charge < -0.3 is 0 Å². The van der Waals surface area contributed by atoms with Gasteiger partial charge in [-0.3, -0.25) is 5.10 Å². The standard InChI is InChI=1S/C18H16N2S/c21-18-16-7-2-1-6-15(16)17(19-20-18)14-10-8-13(9-11-14)12-4-3-5-12/h1-2,6-12H,3-5H2,(H,20,21). The van der Waals surface area contributed by atoms with Gasteiger partial charge in [0, 0.05) is 16.3 Å². The smallest absolute Gasteiger partial charge is 0.127 e. The molecule has 2 nitrogen and oxygen atoms in total. The van der Waals surface area contributed by atoms with E-state index in [4.69, 9.17) is 12.2 Å². The lowest BCUT2D eigenvalue weighted by molar-refractivity contribution is 0.420. The highest BCUT2D eigenvalue weighted by atomic mass is 32.1. The molecule has 1 aromatic heterocycles. The van der Waals surface area contributed by atoms with E-state index >= 15 is 0 Å². The lowest BCUT2D eigenvalue weighted by Gasteiger charge is -2.25. The first-order valence-electron chi connectivity index (χ1n) is 7.41. The lowest BCUT2D eigenvalue weighted by atomic mass is 9.80. The maximum atomic E-state index is 5.32. The Kier molecular flexibility index (Phi) is 3.08. The predicted molar refractivity (Wildman–Crippen MR) is 89.0 cm³/mol. The van der Waals surface area contributed by atoms with Gasteiger partial charge in [-0.15, -0.1) is 0 Å². The number of aromatic nitrogens is 2. The van der Waals surface area contributed by atoms with Gasteiger partial charge >= 0.3 is 0 Å². The second kappa shape index (κ2) is 5.08. The van der Waals surface area contributed by atoms with Gasteiger partial charge in [0.2, 0.25) is 0 Å². The molecule has 0 amide bonds. The zero-order chi connectivity index (χ0) is 14.2. The maximum Gasteiger partial charge on any atom is 0.127 e. The minimum atomic E-state index is 0.695. The zero-order valence-corrected chi connectivity index (χ0v) is 12.5. The van der Waals surface area contributed by atoms with Crippen LogP contribution in [0.3, 0.4) is 0 Å². The van der Waals surface area contributed by atoms with Crippen LogP contribution in [-0.2, 0) is 0 Å². The van der Waals surface area contributed by atoms with E-state index in [2.05, 4.69) is 40.5 Å². The predicted octanol–water partition coefficient (Wildman–Crippen LogP) is 5.23. The second-order valence-corrected chi connectivity index (χ2v) is 6.11. The molecule has 21 heavy (non-hydrogen) atoms. The molecule has 3 aromatic rings. The molecule has 1 saturated carbocycles. The van der Waals surface area contributed by atoms with Crippen molar-refractivity contribution in [3.05, 3.63) is 58.7 Å². The Morgan fingerprint density at radius 1 is 0.952 bits per heavy atom. The fourth-order valence-corrected chi connectivity index (χ4v) is 3.21. The zero-order valence-electron chi connectivity index (χ0n) is 11.7. The van der Waals surface area contributed by atoms with Crippen molar-refractivity contribution in [3.63, 3.8) is 0 Å². The summed E-state index contributed by atoms with van der Waals surface area (Å²) < 4.78 is 0.695. The summed E-state index contributed by atoms with van der Waals surface area (Å²) in [6, 6.07) is 17.0. The molecule has 0 atom stereocenters. The molecular weight excluding hydrogens is 276 g/mol. The number of fused-ring (bicyclic) bond motifs is 1. The van der Waals surface area contributed by atoms with Crippen LogP contribution < -0.4 is 0 Å². The van der Waals surface area contributed by atoms with Gasteiger partial charge in [-0.2, -0.15) is 5.10 Å². The Morgan fingerprint density at radius 2 is 1.67 bits per heavy atom. The van der Waals surface area contributed by atoms with E-state index in [0.717, 1.165) is 27.9 Å². The summed E-state index contributed by atoms with van der Waals surface area (Å²) in [5, 5.41) is 9.59. The molecule has 0 saturated heterocycles. The summed E-state index contributed by atoms with van der Waals surface area (Å²) in [5.74, 6) is 0.769. The van der Waals surface area contributed by atoms with Crippen LogP contribution in [0.4, 0.5) is 0 Å². The summed E-state index contributed by atoms with van der Waals surface area (Å²) >= 11 is 5.32. The number of nitrogens with one attached hydrogen (secondary N) is 1. The molecular formula is C18H16N2S. The Labute approximate surface area is 128 Å². The van der Waals surface area contributed by atoms with Gasteiger partial charge in [0.1, 0.15) is 4.64 Å². The second-order valence-electron chi connectivity index (χ2n) is 5.70. The molecule has 3 heteroatoms. The number of nitrogens with zero attached hydrogens (tertiary/aromatic N) is 1. The SMILES string of the molecule is S=c1[nH]nc(-c2ccc(C3CCC3)cc2)c2ccccc12. The number of rotatable bonds is 2. The van der Waals surface area contributed by atoms with Crippen LogP contribution in [0, 0.1) is 4.64 Å². The van der Waals surface area contributed by atoms with E-state index in [9.17, 15) is 0 Å². The third-order valence-electron chi connectivity index (χ3n) is 4.46. The van der Waals surface area contributed by atoms with E-state index < -0.39 is 0 Å². The number of hydrogen-bond acceptors (Lipinski definition) is 2. The van der Waals surface area contributed by atoms with E-state index in [1.54, 1.807) is 0 Å². The molecule has 2 aromatic carbocycles. The third-order valence-corrected chi connectivity index (χ3v) is 4.77. The number of benzene rings is 2. The molecule has 1 aliphatic carbocycles. The largest absolute Gasteiger partial charge is 0.267 e.